The first-order valence-corrected chi connectivity index (χ1v) is 5.31. The molecule has 1 aromatic carbocycles. The van der Waals surface area contributed by atoms with Gasteiger partial charge in [0.15, 0.2) is 0 Å². The van der Waals surface area contributed by atoms with Crippen molar-refractivity contribution in [3.8, 4) is 0 Å². The summed E-state index contributed by atoms with van der Waals surface area (Å²) in [5.74, 6) is 0. The van der Waals surface area contributed by atoms with Gasteiger partial charge in [0.05, 0.1) is 16.4 Å². The van der Waals surface area contributed by atoms with Gasteiger partial charge in [-0.05, 0) is 31.0 Å². The standard InChI is InChI=1S/C11H15ClN2/c1-8-6-9(12)11-10(7-8)13-4-3-5-14(11)2/h6-7,13H,3-5H2,1-2H3. The van der Waals surface area contributed by atoms with Crippen LogP contribution in [-0.4, -0.2) is 20.1 Å². The lowest BCUT2D eigenvalue weighted by molar-refractivity contribution is 0.837. The lowest BCUT2D eigenvalue weighted by Gasteiger charge is -2.20. The molecule has 14 heavy (non-hydrogen) atoms. The first-order chi connectivity index (χ1) is 6.68. The van der Waals surface area contributed by atoms with E-state index in [1.54, 1.807) is 0 Å². The number of hydrogen-bond donors (Lipinski definition) is 1. The molecule has 0 atom stereocenters. The van der Waals surface area contributed by atoms with E-state index in [0.717, 1.165) is 35.9 Å². The number of nitrogens with one attached hydrogen (secondary N) is 1. The molecular weight excluding hydrogens is 196 g/mol. The number of nitrogens with zero attached hydrogens (tertiary/aromatic N) is 1. The Morgan fingerprint density at radius 2 is 2.21 bits per heavy atom. The van der Waals surface area contributed by atoms with Crippen LogP contribution in [0.15, 0.2) is 12.1 Å². The Hall–Kier alpha value is -0.890. The molecule has 1 N–H and O–H groups in total. The van der Waals surface area contributed by atoms with Crippen LogP contribution >= 0.6 is 11.6 Å². The predicted octanol–water partition coefficient (Wildman–Crippen LogP) is 2.90. The second-order valence-electron chi connectivity index (χ2n) is 3.84. The number of rotatable bonds is 0. The van der Waals surface area contributed by atoms with E-state index < -0.39 is 0 Å². The van der Waals surface area contributed by atoms with E-state index in [9.17, 15) is 0 Å². The minimum Gasteiger partial charge on any atom is -0.383 e. The Balaban J connectivity index is 2.53. The summed E-state index contributed by atoms with van der Waals surface area (Å²) in [6, 6.07) is 4.17. The number of aryl methyl sites for hydroxylation is 1. The monoisotopic (exact) mass is 210 g/mol. The highest BCUT2D eigenvalue weighted by atomic mass is 35.5. The molecule has 2 rings (SSSR count). The summed E-state index contributed by atoms with van der Waals surface area (Å²) in [4.78, 5) is 2.22. The van der Waals surface area contributed by atoms with Gasteiger partial charge in [0.25, 0.3) is 0 Å². The van der Waals surface area contributed by atoms with Crippen molar-refractivity contribution in [2.75, 3.05) is 30.4 Å². The van der Waals surface area contributed by atoms with E-state index in [4.69, 9.17) is 11.6 Å². The molecule has 0 spiro atoms. The zero-order valence-corrected chi connectivity index (χ0v) is 9.36. The summed E-state index contributed by atoms with van der Waals surface area (Å²) in [5, 5.41) is 4.26. The van der Waals surface area contributed by atoms with E-state index in [1.807, 2.05) is 6.07 Å². The minimum atomic E-state index is 0.844. The molecule has 0 saturated heterocycles. The fraction of sp³-hybridized carbons (Fsp3) is 0.455. The van der Waals surface area contributed by atoms with Crippen molar-refractivity contribution < 1.29 is 0 Å². The number of halogens is 1. The van der Waals surface area contributed by atoms with Crippen LogP contribution in [0.3, 0.4) is 0 Å². The van der Waals surface area contributed by atoms with Crippen molar-refractivity contribution in [2.45, 2.75) is 13.3 Å². The zero-order chi connectivity index (χ0) is 10.1. The van der Waals surface area contributed by atoms with E-state index in [2.05, 4.69) is 30.3 Å². The third kappa shape index (κ3) is 1.67. The van der Waals surface area contributed by atoms with Crippen LogP contribution in [0.4, 0.5) is 11.4 Å². The molecule has 1 aliphatic heterocycles. The zero-order valence-electron chi connectivity index (χ0n) is 8.60. The molecule has 1 aliphatic rings. The van der Waals surface area contributed by atoms with Gasteiger partial charge in [0, 0.05) is 20.1 Å². The number of anilines is 2. The third-order valence-corrected chi connectivity index (χ3v) is 2.86. The van der Waals surface area contributed by atoms with E-state index in [0.29, 0.717) is 0 Å². The van der Waals surface area contributed by atoms with Gasteiger partial charge < -0.3 is 10.2 Å². The predicted molar refractivity (Wildman–Crippen MR) is 62.6 cm³/mol. The molecule has 0 amide bonds. The third-order valence-electron chi connectivity index (χ3n) is 2.58. The molecule has 0 aromatic heterocycles. The maximum atomic E-state index is 6.23. The van der Waals surface area contributed by atoms with Gasteiger partial charge in [0.1, 0.15) is 0 Å². The lowest BCUT2D eigenvalue weighted by atomic mass is 10.2. The normalized spacial score (nSPS) is 15.8. The average molecular weight is 211 g/mol. The van der Waals surface area contributed by atoms with Crippen molar-refractivity contribution in [1.29, 1.82) is 0 Å². The van der Waals surface area contributed by atoms with Gasteiger partial charge in [-0.2, -0.15) is 0 Å². The van der Waals surface area contributed by atoms with Crippen molar-refractivity contribution in [2.24, 2.45) is 0 Å². The quantitative estimate of drug-likeness (QED) is 0.709. The molecule has 0 bridgehead atoms. The number of benzene rings is 1. The Morgan fingerprint density at radius 3 is 3.00 bits per heavy atom. The van der Waals surface area contributed by atoms with Gasteiger partial charge in [-0.25, -0.2) is 0 Å². The maximum absolute atomic E-state index is 6.23. The highest BCUT2D eigenvalue weighted by molar-refractivity contribution is 6.34. The molecule has 0 radical (unpaired) electrons. The highest BCUT2D eigenvalue weighted by Gasteiger charge is 2.15. The molecule has 76 valence electrons. The molecule has 0 saturated carbocycles. The molecular formula is C11H15ClN2. The molecule has 0 aliphatic carbocycles. The smallest absolute Gasteiger partial charge is 0.0788 e. The summed E-state index contributed by atoms with van der Waals surface area (Å²) in [5.41, 5.74) is 3.50. The van der Waals surface area contributed by atoms with Crippen LogP contribution in [0.25, 0.3) is 0 Å². The van der Waals surface area contributed by atoms with Crippen molar-refractivity contribution in [3.63, 3.8) is 0 Å². The van der Waals surface area contributed by atoms with Gasteiger partial charge in [-0.3, -0.25) is 0 Å². The SMILES string of the molecule is Cc1cc(Cl)c2c(c1)NCCCN2C. The summed E-state index contributed by atoms with van der Waals surface area (Å²) in [6.07, 6.45) is 1.15. The summed E-state index contributed by atoms with van der Waals surface area (Å²) in [7, 11) is 2.09. The number of hydrogen-bond acceptors (Lipinski definition) is 2. The second kappa shape index (κ2) is 3.70. The minimum absolute atomic E-state index is 0.844. The first-order valence-electron chi connectivity index (χ1n) is 4.93. The average Bonchev–Trinajstić information content (AvgIpc) is 2.27. The van der Waals surface area contributed by atoms with Gasteiger partial charge >= 0.3 is 0 Å². The molecule has 1 heterocycles. The second-order valence-corrected chi connectivity index (χ2v) is 4.25. The van der Waals surface area contributed by atoms with Crippen LogP contribution in [-0.2, 0) is 0 Å². The Labute approximate surface area is 89.9 Å². The molecule has 1 aromatic rings. The van der Waals surface area contributed by atoms with Crippen molar-refractivity contribution in [3.05, 3.63) is 22.7 Å². The molecule has 2 nitrogen and oxygen atoms in total. The van der Waals surface area contributed by atoms with E-state index in [1.165, 1.54) is 5.56 Å². The fourth-order valence-electron chi connectivity index (χ4n) is 1.91. The summed E-state index contributed by atoms with van der Waals surface area (Å²) >= 11 is 6.23. The highest BCUT2D eigenvalue weighted by Crippen LogP contribution is 2.35. The largest absolute Gasteiger partial charge is 0.383 e. The first kappa shape index (κ1) is 9.66. The Kier molecular flexibility index (Phi) is 2.55. The van der Waals surface area contributed by atoms with Crippen LogP contribution < -0.4 is 10.2 Å². The number of fused-ring (bicyclic) bond motifs is 1. The van der Waals surface area contributed by atoms with Crippen LogP contribution in [0.5, 0.6) is 0 Å². The Bertz CT molecular complexity index is 349. The van der Waals surface area contributed by atoms with Gasteiger partial charge in [-0.15, -0.1) is 0 Å². The Morgan fingerprint density at radius 1 is 1.43 bits per heavy atom. The van der Waals surface area contributed by atoms with Crippen LogP contribution in [0.1, 0.15) is 12.0 Å². The summed E-state index contributed by atoms with van der Waals surface area (Å²) in [6.45, 7) is 4.15. The molecule has 3 heteroatoms. The summed E-state index contributed by atoms with van der Waals surface area (Å²) < 4.78 is 0. The van der Waals surface area contributed by atoms with Gasteiger partial charge in [0.2, 0.25) is 0 Å². The maximum Gasteiger partial charge on any atom is 0.0788 e. The van der Waals surface area contributed by atoms with Gasteiger partial charge in [-0.1, -0.05) is 11.6 Å². The van der Waals surface area contributed by atoms with Crippen molar-refractivity contribution in [1.82, 2.24) is 0 Å². The molecule has 0 fully saturated rings. The topological polar surface area (TPSA) is 15.3 Å². The van der Waals surface area contributed by atoms with E-state index in [-0.39, 0.29) is 0 Å². The lowest BCUT2D eigenvalue weighted by Crippen LogP contribution is -2.17. The van der Waals surface area contributed by atoms with Crippen molar-refractivity contribution >= 4 is 23.0 Å². The van der Waals surface area contributed by atoms with Crippen LogP contribution in [0.2, 0.25) is 5.02 Å². The van der Waals surface area contributed by atoms with E-state index >= 15 is 0 Å². The fourth-order valence-corrected chi connectivity index (χ4v) is 2.33. The van der Waals surface area contributed by atoms with Crippen LogP contribution in [0, 0.1) is 6.92 Å². The molecule has 0 unspecified atom stereocenters.